The van der Waals surface area contributed by atoms with Gasteiger partial charge in [0.2, 0.25) is 0 Å². The van der Waals surface area contributed by atoms with Crippen LogP contribution in [-0.4, -0.2) is 90.1 Å². The van der Waals surface area contributed by atoms with Crippen LogP contribution >= 0.6 is 0 Å². The predicted octanol–water partition coefficient (Wildman–Crippen LogP) is 2.84. The summed E-state index contributed by atoms with van der Waals surface area (Å²) in [6.07, 6.45) is -3.65. The molecule has 0 aliphatic carbocycles. The number of nitrogens with one attached hydrogen (secondary N) is 1. The van der Waals surface area contributed by atoms with Crippen LogP contribution in [0.3, 0.4) is 0 Å². The molecule has 5 aromatic rings. The first-order valence-corrected chi connectivity index (χ1v) is 16.4. The number of carboxylic acids is 2. The lowest BCUT2D eigenvalue weighted by Gasteiger charge is -2.19. The maximum Gasteiger partial charge on any atom is 0.335 e. The SMILES string of the molecule is COc1ccc2c(Oc3ccc(NC(=O)c4c(C)n(C[C@@H](C)OC(=O)[C@H](C)N)n(-c5ccccc5)c4=O)cc3F)ccnc2c1.O=C(O)[C@@H](O)[C@H](O)C(=O)O. The number of aliphatic hydroxyl groups excluding tert-OH is 2. The second-order valence-electron chi connectivity index (χ2n) is 12.0. The highest BCUT2D eigenvalue weighted by Gasteiger charge is 2.29. The van der Waals surface area contributed by atoms with Crippen molar-refractivity contribution in [2.45, 2.75) is 51.7 Å². The van der Waals surface area contributed by atoms with E-state index in [1.165, 1.54) is 23.7 Å². The number of carbonyl (C=O) groups is 4. The van der Waals surface area contributed by atoms with Crippen molar-refractivity contribution in [3.05, 3.63) is 106 Å². The summed E-state index contributed by atoms with van der Waals surface area (Å²) >= 11 is 0. The van der Waals surface area contributed by atoms with Crippen LogP contribution in [0.1, 0.15) is 29.9 Å². The van der Waals surface area contributed by atoms with E-state index in [1.54, 1.807) is 86.4 Å². The number of amides is 1. The normalized spacial score (nSPS) is 13.0. The topological polar surface area (TPSA) is 255 Å². The maximum absolute atomic E-state index is 15.2. The third-order valence-corrected chi connectivity index (χ3v) is 7.87. The van der Waals surface area contributed by atoms with E-state index in [0.717, 1.165) is 6.07 Å². The molecule has 7 N–H and O–H groups in total. The molecule has 0 aliphatic heterocycles. The zero-order valence-electron chi connectivity index (χ0n) is 29.9. The van der Waals surface area contributed by atoms with Crippen LogP contribution in [0, 0.1) is 12.7 Å². The summed E-state index contributed by atoms with van der Waals surface area (Å²) in [5.74, 6) is -4.65. The van der Waals surface area contributed by atoms with Crippen molar-refractivity contribution in [3.63, 3.8) is 0 Å². The second-order valence-corrected chi connectivity index (χ2v) is 12.0. The molecule has 1 amide bonds. The molecule has 0 radical (unpaired) electrons. The van der Waals surface area contributed by atoms with Gasteiger partial charge in [0.15, 0.2) is 23.8 Å². The summed E-state index contributed by atoms with van der Waals surface area (Å²) in [6.45, 7) is 4.86. The number of halogens is 1. The fourth-order valence-electron chi connectivity index (χ4n) is 5.10. The number of methoxy groups -OCH3 is 1. The smallest absolute Gasteiger partial charge is 0.335 e. The summed E-state index contributed by atoms with van der Waals surface area (Å²) in [4.78, 5) is 63.1. The van der Waals surface area contributed by atoms with E-state index in [1.807, 2.05) is 0 Å². The van der Waals surface area contributed by atoms with Gasteiger partial charge < -0.3 is 45.7 Å². The standard InChI is InChI=1S/C33H32FN5O6.C4H6O6/c1-19(44-33(42)20(2)35)18-38-21(3)30(32(41)39(38)23-8-6-5-7-9-23)31(40)37-22-10-13-29(26(34)16-22)45-28-14-15-36-27-17-24(43-4)11-12-25(27)28;5-1(3(7)8)2(6)4(9)10/h5-17,19-20H,18,35H2,1-4H3,(H,37,40);1-2,5-6H,(H,7,8)(H,9,10)/t19-,20+;1-,2-/m10/s1. The number of rotatable bonds is 13. The summed E-state index contributed by atoms with van der Waals surface area (Å²) in [5.41, 5.74) is 6.45. The minimum atomic E-state index is -2.27. The Labute approximate surface area is 311 Å². The average molecular weight is 764 g/mol. The molecule has 0 bridgehead atoms. The van der Waals surface area contributed by atoms with Crippen molar-refractivity contribution in [3.8, 4) is 22.9 Å². The van der Waals surface area contributed by atoms with Gasteiger partial charge in [0.05, 0.1) is 30.6 Å². The van der Waals surface area contributed by atoms with Gasteiger partial charge in [0, 0.05) is 29.4 Å². The van der Waals surface area contributed by atoms with Gasteiger partial charge in [-0.1, -0.05) is 18.2 Å². The molecule has 3 aromatic carbocycles. The molecule has 0 saturated heterocycles. The molecule has 0 aliphatic rings. The quantitative estimate of drug-likeness (QED) is 0.0944. The summed E-state index contributed by atoms with van der Waals surface area (Å²) in [6, 6.07) is 18.8. The lowest BCUT2D eigenvalue weighted by atomic mass is 10.2. The number of esters is 1. The van der Waals surface area contributed by atoms with Gasteiger partial charge in [-0.15, -0.1) is 0 Å². The highest BCUT2D eigenvalue weighted by atomic mass is 19.1. The Balaban J connectivity index is 0.000000592. The molecule has 290 valence electrons. The molecular weight excluding hydrogens is 725 g/mol. The van der Waals surface area contributed by atoms with Crippen molar-refractivity contribution >= 4 is 40.4 Å². The van der Waals surface area contributed by atoms with E-state index in [2.05, 4.69) is 10.3 Å². The Kier molecular flexibility index (Phi) is 13.4. The molecule has 0 saturated carbocycles. The van der Waals surface area contributed by atoms with E-state index in [9.17, 15) is 24.0 Å². The maximum atomic E-state index is 15.2. The Morgan fingerprint density at radius 3 is 2.16 bits per heavy atom. The first-order chi connectivity index (χ1) is 26.0. The van der Waals surface area contributed by atoms with Crippen LogP contribution < -0.4 is 26.1 Å². The fourth-order valence-corrected chi connectivity index (χ4v) is 5.10. The summed E-state index contributed by atoms with van der Waals surface area (Å²) in [5, 5.41) is 35.8. The van der Waals surface area contributed by atoms with Crippen LogP contribution in [0.2, 0.25) is 0 Å². The lowest BCUT2D eigenvalue weighted by molar-refractivity contribution is -0.165. The number of aliphatic hydroxyl groups is 2. The van der Waals surface area contributed by atoms with Crippen LogP contribution in [0.4, 0.5) is 10.1 Å². The van der Waals surface area contributed by atoms with Crippen molar-refractivity contribution in [1.29, 1.82) is 0 Å². The third-order valence-electron chi connectivity index (χ3n) is 7.87. The average Bonchev–Trinajstić information content (AvgIpc) is 3.39. The number of pyridine rings is 1. The molecule has 17 nitrogen and oxygen atoms in total. The Hall–Kier alpha value is -6.63. The van der Waals surface area contributed by atoms with E-state index in [-0.39, 0.29) is 23.5 Å². The number of carbonyl (C=O) groups excluding carboxylic acids is 2. The fraction of sp³-hybridized carbons (Fsp3) is 0.243. The van der Waals surface area contributed by atoms with Crippen molar-refractivity contribution in [2.24, 2.45) is 5.73 Å². The Bertz CT molecular complexity index is 2240. The number of aromatic nitrogens is 3. The van der Waals surface area contributed by atoms with E-state index >= 15 is 4.39 Å². The number of aliphatic carboxylic acids is 2. The van der Waals surface area contributed by atoms with Crippen LogP contribution in [-0.2, 0) is 25.7 Å². The van der Waals surface area contributed by atoms with Gasteiger partial charge in [-0.05, 0) is 63.2 Å². The number of nitrogens with two attached hydrogens (primary N) is 1. The van der Waals surface area contributed by atoms with E-state index in [4.69, 9.17) is 40.4 Å². The molecule has 5 rings (SSSR count). The van der Waals surface area contributed by atoms with Gasteiger partial charge >= 0.3 is 17.9 Å². The van der Waals surface area contributed by atoms with Crippen molar-refractivity contribution in [1.82, 2.24) is 14.3 Å². The number of anilines is 1. The number of fused-ring (bicyclic) bond motifs is 1. The molecule has 55 heavy (non-hydrogen) atoms. The predicted molar refractivity (Wildman–Crippen MR) is 194 cm³/mol. The van der Waals surface area contributed by atoms with E-state index < -0.39 is 59.5 Å². The number of hydrogen-bond acceptors (Lipinski definition) is 12. The largest absolute Gasteiger partial charge is 0.497 e. The summed E-state index contributed by atoms with van der Waals surface area (Å²) in [7, 11) is 1.55. The Morgan fingerprint density at radius 2 is 1.58 bits per heavy atom. The zero-order valence-corrected chi connectivity index (χ0v) is 29.9. The number of nitrogens with zero attached hydrogens (tertiary/aromatic N) is 3. The van der Waals surface area contributed by atoms with Gasteiger partial charge in [0.25, 0.3) is 11.5 Å². The van der Waals surface area contributed by atoms with Gasteiger partial charge in [-0.25, -0.2) is 18.7 Å². The molecule has 0 unspecified atom stereocenters. The first kappa shape index (κ1) is 41.1. The number of benzene rings is 3. The van der Waals surface area contributed by atoms with Crippen molar-refractivity contribution in [2.75, 3.05) is 12.4 Å². The highest BCUT2D eigenvalue weighted by Crippen LogP contribution is 2.33. The van der Waals surface area contributed by atoms with Gasteiger partial charge in [-0.2, -0.15) is 0 Å². The molecule has 18 heteroatoms. The van der Waals surface area contributed by atoms with Crippen LogP contribution in [0.15, 0.2) is 83.8 Å². The minimum Gasteiger partial charge on any atom is -0.497 e. The number of hydrogen-bond donors (Lipinski definition) is 6. The van der Waals surface area contributed by atoms with Gasteiger partial charge in [-0.3, -0.25) is 24.0 Å². The molecule has 2 heterocycles. The molecule has 4 atom stereocenters. The molecule has 0 spiro atoms. The number of para-hydroxylation sites is 1. The first-order valence-electron chi connectivity index (χ1n) is 16.4. The third kappa shape index (κ3) is 9.87. The van der Waals surface area contributed by atoms with Crippen LogP contribution in [0.5, 0.6) is 17.2 Å². The lowest BCUT2D eigenvalue weighted by Crippen LogP contribution is -2.39. The molecular formula is C37H38FN5O12. The minimum absolute atomic E-state index is 0.0683. The summed E-state index contributed by atoms with van der Waals surface area (Å²) < 4.78 is 34.6. The van der Waals surface area contributed by atoms with Crippen molar-refractivity contribution < 1.29 is 58.2 Å². The zero-order chi connectivity index (χ0) is 40.6. The Morgan fingerprint density at radius 1 is 0.927 bits per heavy atom. The highest BCUT2D eigenvalue weighted by molar-refractivity contribution is 6.05. The second kappa shape index (κ2) is 17.9. The van der Waals surface area contributed by atoms with E-state index in [0.29, 0.717) is 33.8 Å². The molecule has 0 fully saturated rings. The number of carboxylic acid groups (broad SMARTS) is 2. The number of ether oxygens (including phenoxy) is 3. The monoisotopic (exact) mass is 763 g/mol. The molecule has 2 aromatic heterocycles. The van der Waals surface area contributed by atoms with Crippen LogP contribution in [0.25, 0.3) is 16.6 Å². The van der Waals surface area contributed by atoms with Gasteiger partial charge in [0.1, 0.15) is 29.2 Å².